The number of β-lactam (4-membered cyclic amide) rings is 1. The monoisotopic (exact) mass is 981 g/mol. The van der Waals surface area contributed by atoms with Crippen molar-refractivity contribution >= 4 is 92.5 Å². The van der Waals surface area contributed by atoms with Gasteiger partial charge in [-0.15, -0.1) is 23.5 Å². The van der Waals surface area contributed by atoms with Crippen LogP contribution in [-0.4, -0.2) is 56.5 Å². The quantitative estimate of drug-likeness (QED) is 0.0375. The lowest BCUT2D eigenvalue weighted by Crippen LogP contribution is -2.64. The standard InChI is InChI=1S/C52H41Cl2N5O5S3/c53-40-27-26-38(28-41(40)54)66-47-49(63)59-48(57-43(60)29-45(62)64-46(33-16-6-1-7-17-33)34-18-8-2-9-19-34)39(32-65-50(47)59)42-30-55-51(67-42)58-44(61)31-56-52(35-20-10-3-11-21-35,36-22-12-4-13-23-36)37-24-14-5-15-25-37/h1-28,30,46-47,50,56H,29,31-32H2,(H,57,60)(H,55,58,61). The number of benzene rings is 6. The number of halogens is 2. The molecule has 9 rings (SSSR count). The highest BCUT2D eigenvalue weighted by Gasteiger charge is 2.53. The number of nitrogens with one attached hydrogen (secondary N) is 3. The van der Waals surface area contributed by atoms with Crippen molar-refractivity contribution in [2.24, 2.45) is 0 Å². The third-order valence-corrected chi connectivity index (χ3v) is 15.7. The van der Waals surface area contributed by atoms with Gasteiger partial charge in [0.05, 0.1) is 27.0 Å². The molecule has 3 amide bonds. The number of amides is 3. The molecule has 1 saturated heterocycles. The van der Waals surface area contributed by atoms with Crippen LogP contribution in [0, 0.1) is 0 Å². The molecule has 336 valence electrons. The fourth-order valence-electron chi connectivity index (χ4n) is 8.13. The highest BCUT2D eigenvalue weighted by molar-refractivity contribution is 8.04. The van der Waals surface area contributed by atoms with Crippen molar-refractivity contribution in [1.82, 2.24) is 20.5 Å². The van der Waals surface area contributed by atoms with Gasteiger partial charge in [0.1, 0.15) is 22.9 Å². The summed E-state index contributed by atoms with van der Waals surface area (Å²) in [5, 5.41) is 9.76. The van der Waals surface area contributed by atoms with Crippen molar-refractivity contribution in [3.8, 4) is 0 Å². The molecule has 3 N–H and O–H groups in total. The number of carbonyl (C=O) groups is 4. The van der Waals surface area contributed by atoms with E-state index >= 15 is 0 Å². The molecule has 3 heterocycles. The number of anilines is 1. The van der Waals surface area contributed by atoms with E-state index in [1.807, 2.05) is 158 Å². The van der Waals surface area contributed by atoms with Crippen molar-refractivity contribution in [1.29, 1.82) is 0 Å². The van der Waals surface area contributed by atoms with Crippen LogP contribution in [0.4, 0.5) is 5.13 Å². The molecule has 0 saturated carbocycles. The Morgan fingerprint density at radius 1 is 0.731 bits per heavy atom. The summed E-state index contributed by atoms with van der Waals surface area (Å²) in [6.07, 6.45) is 0.265. The predicted molar refractivity (Wildman–Crippen MR) is 268 cm³/mol. The van der Waals surface area contributed by atoms with Crippen LogP contribution >= 0.6 is 58.1 Å². The lowest BCUT2D eigenvalue weighted by molar-refractivity contribution is -0.149. The third kappa shape index (κ3) is 10.1. The number of hydrogen-bond acceptors (Lipinski definition) is 10. The molecule has 15 heteroatoms. The van der Waals surface area contributed by atoms with Crippen LogP contribution in [0.2, 0.25) is 10.0 Å². The molecule has 0 bridgehead atoms. The number of fused-ring (bicyclic) bond motifs is 1. The van der Waals surface area contributed by atoms with Gasteiger partial charge < -0.3 is 15.4 Å². The molecule has 10 nitrogen and oxygen atoms in total. The SMILES string of the molecule is O=C(CC(=O)OC(c1ccccc1)c1ccccc1)NC1=C(c2cnc(NC(=O)CNC(c3ccccc3)(c3ccccc3)c3ccccc3)s2)CSC2C(Sc3ccc(Cl)c(Cl)c3)C(=O)N12. The summed E-state index contributed by atoms with van der Waals surface area (Å²) in [5.41, 5.74) is 4.15. The number of carbonyl (C=O) groups excluding carboxylic acids is 4. The molecular weight excluding hydrogens is 942 g/mol. The summed E-state index contributed by atoms with van der Waals surface area (Å²) in [6.45, 7) is -0.0687. The number of thiazole rings is 1. The van der Waals surface area contributed by atoms with Gasteiger partial charge in [0.25, 0.3) is 0 Å². The summed E-state index contributed by atoms with van der Waals surface area (Å²) < 4.78 is 5.96. The molecule has 1 aromatic heterocycles. The van der Waals surface area contributed by atoms with Crippen LogP contribution in [0.1, 0.15) is 45.2 Å². The molecule has 6 aromatic carbocycles. The number of nitrogens with zero attached hydrogens (tertiary/aromatic N) is 2. The van der Waals surface area contributed by atoms with Crippen LogP contribution in [0.5, 0.6) is 0 Å². The van der Waals surface area contributed by atoms with Gasteiger partial charge in [0, 0.05) is 22.4 Å². The van der Waals surface area contributed by atoms with Crippen LogP contribution < -0.4 is 16.0 Å². The smallest absolute Gasteiger partial charge is 0.316 e. The summed E-state index contributed by atoms with van der Waals surface area (Å²) >= 11 is 16.6. The lowest BCUT2D eigenvalue weighted by atomic mass is 9.77. The van der Waals surface area contributed by atoms with E-state index in [0.29, 0.717) is 31.4 Å². The molecule has 2 aliphatic rings. The number of hydrogen-bond donors (Lipinski definition) is 3. The van der Waals surface area contributed by atoms with E-state index in [2.05, 4.69) is 20.9 Å². The second kappa shape index (κ2) is 20.8. The fraction of sp³-hybridized carbons (Fsp3) is 0.135. The first-order valence-electron chi connectivity index (χ1n) is 21.2. The van der Waals surface area contributed by atoms with Gasteiger partial charge in [-0.2, -0.15) is 0 Å². The Kier molecular flexibility index (Phi) is 14.2. The molecule has 7 aromatic rings. The minimum absolute atomic E-state index is 0.0687. The third-order valence-electron chi connectivity index (χ3n) is 11.3. The van der Waals surface area contributed by atoms with E-state index in [1.165, 1.54) is 34.9 Å². The van der Waals surface area contributed by atoms with Crippen molar-refractivity contribution in [3.63, 3.8) is 0 Å². The van der Waals surface area contributed by atoms with E-state index < -0.39 is 35.2 Å². The Bertz CT molecular complexity index is 2790. The second-order valence-corrected chi connectivity index (χ2v) is 19.7. The second-order valence-electron chi connectivity index (χ2n) is 15.5. The number of rotatable bonds is 16. The van der Waals surface area contributed by atoms with Gasteiger partial charge in [-0.05, 0) is 46.0 Å². The first-order valence-corrected chi connectivity index (χ1v) is 24.7. The molecule has 0 aliphatic carbocycles. The van der Waals surface area contributed by atoms with E-state index in [9.17, 15) is 19.2 Å². The van der Waals surface area contributed by atoms with Gasteiger partial charge in [0.2, 0.25) is 17.7 Å². The maximum Gasteiger partial charge on any atom is 0.316 e. The van der Waals surface area contributed by atoms with Crippen molar-refractivity contribution in [3.05, 3.63) is 225 Å². The first kappa shape index (κ1) is 45.9. The average molecular weight is 983 g/mol. The number of ether oxygens (including phenoxy) is 1. The van der Waals surface area contributed by atoms with E-state index in [0.717, 1.165) is 32.7 Å². The van der Waals surface area contributed by atoms with Crippen LogP contribution in [0.25, 0.3) is 5.57 Å². The fourth-order valence-corrected chi connectivity index (χ4v) is 12.2. The highest BCUT2D eigenvalue weighted by Crippen LogP contribution is 2.49. The Morgan fingerprint density at radius 2 is 1.28 bits per heavy atom. The van der Waals surface area contributed by atoms with E-state index in [-0.39, 0.29) is 29.6 Å². The molecule has 0 radical (unpaired) electrons. The topological polar surface area (TPSA) is 130 Å². The molecular formula is C52H41Cl2N5O5S3. The molecule has 0 spiro atoms. The van der Waals surface area contributed by atoms with Crippen LogP contribution in [0.15, 0.2) is 187 Å². The zero-order valence-corrected chi connectivity index (χ0v) is 39.5. The molecule has 2 unspecified atom stereocenters. The van der Waals surface area contributed by atoms with Gasteiger partial charge in [0.15, 0.2) is 11.2 Å². The maximum absolute atomic E-state index is 14.1. The summed E-state index contributed by atoms with van der Waals surface area (Å²) in [4.78, 5) is 62.9. The van der Waals surface area contributed by atoms with Gasteiger partial charge in [-0.1, -0.05) is 186 Å². The predicted octanol–water partition coefficient (Wildman–Crippen LogP) is 10.6. The zero-order chi connectivity index (χ0) is 46.3. The normalized spacial score (nSPS) is 15.7. The van der Waals surface area contributed by atoms with Crippen molar-refractivity contribution < 1.29 is 23.9 Å². The van der Waals surface area contributed by atoms with E-state index in [1.54, 1.807) is 23.2 Å². The molecule has 1 fully saturated rings. The minimum atomic E-state index is -0.862. The van der Waals surface area contributed by atoms with Crippen LogP contribution in [-0.2, 0) is 29.5 Å². The van der Waals surface area contributed by atoms with Crippen molar-refractivity contribution in [2.45, 2.75) is 33.6 Å². The number of aromatic nitrogens is 1. The average Bonchev–Trinajstić information content (AvgIpc) is 3.82. The Hall–Kier alpha value is -6.19. The van der Waals surface area contributed by atoms with Gasteiger partial charge in [-0.25, -0.2) is 4.98 Å². The minimum Gasteiger partial charge on any atom is -0.452 e. The highest BCUT2D eigenvalue weighted by atomic mass is 35.5. The Balaban J connectivity index is 0.959. The Labute approximate surface area is 410 Å². The summed E-state index contributed by atoms with van der Waals surface area (Å²) in [6, 6.07) is 53.9. The maximum atomic E-state index is 14.1. The first-order chi connectivity index (χ1) is 32.7. The van der Waals surface area contributed by atoms with Crippen LogP contribution in [0.3, 0.4) is 0 Å². The molecule has 2 atom stereocenters. The Morgan fingerprint density at radius 3 is 1.84 bits per heavy atom. The number of thioether (sulfide) groups is 2. The largest absolute Gasteiger partial charge is 0.452 e. The van der Waals surface area contributed by atoms with Gasteiger partial charge in [-0.3, -0.25) is 29.4 Å². The molecule has 2 aliphatic heterocycles. The van der Waals surface area contributed by atoms with E-state index in [4.69, 9.17) is 27.9 Å². The summed E-state index contributed by atoms with van der Waals surface area (Å²) in [5.74, 6) is -1.31. The zero-order valence-electron chi connectivity index (χ0n) is 35.5. The molecule has 67 heavy (non-hydrogen) atoms. The number of esters is 1. The van der Waals surface area contributed by atoms with Crippen molar-refractivity contribution in [2.75, 3.05) is 17.6 Å². The summed E-state index contributed by atoms with van der Waals surface area (Å²) in [7, 11) is 0. The lowest BCUT2D eigenvalue weighted by Gasteiger charge is -2.50. The van der Waals surface area contributed by atoms with Gasteiger partial charge >= 0.3 is 5.97 Å².